The van der Waals surface area contributed by atoms with Crippen LogP contribution < -0.4 is 4.74 Å². The molecule has 2 aromatic carbocycles. The molecule has 0 fully saturated rings. The van der Waals surface area contributed by atoms with E-state index in [2.05, 4.69) is 15.9 Å². The molecule has 20 heavy (non-hydrogen) atoms. The van der Waals surface area contributed by atoms with E-state index in [0.717, 1.165) is 27.4 Å². The second kappa shape index (κ2) is 6.42. The van der Waals surface area contributed by atoms with Crippen molar-refractivity contribution in [1.82, 2.24) is 0 Å². The van der Waals surface area contributed by atoms with Gasteiger partial charge in [-0.05, 0) is 48.7 Å². The zero-order chi connectivity index (χ0) is 14.7. The van der Waals surface area contributed by atoms with E-state index in [1.54, 1.807) is 12.1 Å². The molecule has 0 atom stereocenters. The fourth-order valence-electron chi connectivity index (χ4n) is 1.88. The lowest BCUT2D eigenvalue weighted by Gasteiger charge is -2.13. The molecule has 2 aromatic rings. The van der Waals surface area contributed by atoms with Gasteiger partial charge in [0, 0.05) is 10.0 Å². The van der Waals surface area contributed by atoms with Crippen LogP contribution in [-0.4, -0.2) is 6.29 Å². The predicted octanol–water partition coefficient (Wildman–Crippen LogP) is 5.11. The number of carbonyl (C=O) groups is 1. The third-order valence-corrected chi connectivity index (χ3v) is 4.61. The summed E-state index contributed by atoms with van der Waals surface area (Å²) in [4.78, 5) is 10.8. The maximum atomic E-state index is 10.8. The quantitative estimate of drug-likeness (QED) is 0.714. The van der Waals surface area contributed by atoms with Crippen LogP contribution >= 0.6 is 27.5 Å². The normalized spacial score (nSPS) is 10.4. The topological polar surface area (TPSA) is 26.3 Å². The Morgan fingerprint density at radius 3 is 2.65 bits per heavy atom. The van der Waals surface area contributed by atoms with E-state index < -0.39 is 0 Å². The van der Waals surface area contributed by atoms with E-state index >= 15 is 0 Å². The Balaban J connectivity index is 2.21. The molecule has 0 N–H and O–H groups in total. The zero-order valence-corrected chi connectivity index (χ0v) is 13.6. The molecule has 0 saturated carbocycles. The van der Waals surface area contributed by atoms with Gasteiger partial charge in [0.1, 0.15) is 18.6 Å². The third kappa shape index (κ3) is 3.05. The van der Waals surface area contributed by atoms with E-state index in [4.69, 9.17) is 16.3 Å². The van der Waals surface area contributed by atoms with Crippen LogP contribution in [0.1, 0.15) is 27.0 Å². The van der Waals surface area contributed by atoms with Crippen LogP contribution in [0.4, 0.5) is 0 Å². The largest absolute Gasteiger partial charge is 0.487 e. The maximum Gasteiger partial charge on any atom is 0.150 e. The average Bonchev–Trinajstić information content (AvgIpc) is 2.44. The Kier molecular flexibility index (Phi) is 4.84. The van der Waals surface area contributed by atoms with Crippen LogP contribution in [0.3, 0.4) is 0 Å². The first-order chi connectivity index (χ1) is 9.54. The van der Waals surface area contributed by atoms with E-state index in [-0.39, 0.29) is 0 Å². The van der Waals surface area contributed by atoms with Crippen LogP contribution in [0.15, 0.2) is 34.8 Å². The Morgan fingerprint density at radius 2 is 1.95 bits per heavy atom. The van der Waals surface area contributed by atoms with E-state index in [1.165, 1.54) is 0 Å². The van der Waals surface area contributed by atoms with Gasteiger partial charge < -0.3 is 4.74 Å². The maximum absolute atomic E-state index is 10.8. The van der Waals surface area contributed by atoms with Gasteiger partial charge in [-0.25, -0.2) is 0 Å². The Hall–Kier alpha value is -1.32. The molecule has 0 aliphatic rings. The van der Waals surface area contributed by atoms with E-state index in [0.29, 0.717) is 22.9 Å². The molecular formula is C16H14BrClO2. The molecule has 0 aliphatic heterocycles. The summed E-state index contributed by atoms with van der Waals surface area (Å²) < 4.78 is 6.82. The van der Waals surface area contributed by atoms with Gasteiger partial charge in [0.25, 0.3) is 0 Å². The first-order valence-corrected chi connectivity index (χ1v) is 7.32. The van der Waals surface area contributed by atoms with Crippen LogP contribution in [-0.2, 0) is 6.61 Å². The second-order valence-corrected chi connectivity index (χ2v) is 5.75. The number of halogens is 2. The Labute approximate surface area is 131 Å². The number of hydrogen-bond acceptors (Lipinski definition) is 2. The number of aldehydes is 1. The summed E-state index contributed by atoms with van der Waals surface area (Å²) in [7, 11) is 0. The number of carbonyl (C=O) groups excluding carboxylic acids is 1. The molecule has 2 nitrogen and oxygen atoms in total. The first kappa shape index (κ1) is 15.1. The van der Waals surface area contributed by atoms with Gasteiger partial charge in [0.2, 0.25) is 0 Å². The highest BCUT2D eigenvalue weighted by Crippen LogP contribution is 2.31. The average molecular weight is 354 g/mol. The summed E-state index contributed by atoms with van der Waals surface area (Å²) in [6.45, 7) is 4.28. The Morgan fingerprint density at radius 1 is 1.20 bits per heavy atom. The summed E-state index contributed by atoms with van der Waals surface area (Å²) in [5, 5.41) is 0.488. The van der Waals surface area contributed by atoms with Gasteiger partial charge in [-0.2, -0.15) is 0 Å². The minimum absolute atomic E-state index is 0.435. The summed E-state index contributed by atoms with van der Waals surface area (Å²) in [5.41, 5.74) is 3.56. The molecule has 2 rings (SSSR count). The van der Waals surface area contributed by atoms with Crippen molar-refractivity contribution >= 4 is 33.8 Å². The fourth-order valence-corrected chi connectivity index (χ4v) is 2.51. The van der Waals surface area contributed by atoms with Crippen LogP contribution in [0, 0.1) is 13.8 Å². The molecule has 0 aromatic heterocycles. The number of benzene rings is 2. The molecular weight excluding hydrogens is 340 g/mol. The van der Waals surface area contributed by atoms with Crippen molar-refractivity contribution in [2.45, 2.75) is 20.5 Å². The van der Waals surface area contributed by atoms with Gasteiger partial charge in [-0.15, -0.1) is 0 Å². The summed E-state index contributed by atoms with van der Waals surface area (Å²) in [6, 6.07) is 9.43. The van der Waals surface area contributed by atoms with Gasteiger partial charge in [-0.1, -0.05) is 39.7 Å². The molecule has 0 saturated heterocycles. The SMILES string of the molecule is Cc1c(Br)cccc1COc1ccc(C=O)c(C)c1Cl. The summed E-state index contributed by atoms with van der Waals surface area (Å²) in [5.74, 6) is 0.592. The first-order valence-electron chi connectivity index (χ1n) is 6.15. The highest BCUT2D eigenvalue weighted by molar-refractivity contribution is 9.10. The molecule has 4 heteroatoms. The van der Waals surface area contributed by atoms with Crippen LogP contribution in [0.2, 0.25) is 5.02 Å². The lowest BCUT2D eigenvalue weighted by molar-refractivity contribution is 0.112. The van der Waals surface area contributed by atoms with Crippen molar-refractivity contribution in [2.75, 3.05) is 0 Å². The molecule has 104 valence electrons. The molecule has 0 aliphatic carbocycles. The predicted molar refractivity (Wildman–Crippen MR) is 84.8 cm³/mol. The highest BCUT2D eigenvalue weighted by atomic mass is 79.9. The molecule has 0 amide bonds. The van der Waals surface area contributed by atoms with Crippen molar-refractivity contribution in [1.29, 1.82) is 0 Å². The van der Waals surface area contributed by atoms with E-state index in [1.807, 2.05) is 32.0 Å². The Bertz CT molecular complexity index is 653. The molecule has 0 spiro atoms. The van der Waals surface area contributed by atoms with Gasteiger partial charge in [-0.3, -0.25) is 4.79 Å². The lowest BCUT2D eigenvalue weighted by atomic mass is 10.1. The van der Waals surface area contributed by atoms with Crippen molar-refractivity contribution < 1.29 is 9.53 Å². The lowest BCUT2D eigenvalue weighted by Crippen LogP contribution is -2.00. The van der Waals surface area contributed by atoms with Crippen molar-refractivity contribution in [2.24, 2.45) is 0 Å². The minimum atomic E-state index is 0.435. The number of rotatable bonds is 4. The highest BCUT2D eigenvalue weighted by Gasteiger charge is 2.10. The third-order valence-electron chi connectivity index (χ3n) is 3.28. The number of hydrogen-bond donors (Lipinski definition) is 0. The smallest absolute Gasteiger partial charge is 0.150 e. The van der Waals surface area contributed by atoms with Crippen molar-refractivity contribution in [3.05, 3.63) is 62.1 Å². The minimum Gasteiger partial charge on any atom is -0.487 e. The molecule has 0 bridgehead atoms. The van der Waals surface area contributed by atoms with Crippen molar-refractivity contribution in [3.8, 4) is 5.75 Å². The van der Waals surface area contributed by atoms with E-state index in [9.17, 15) is 4.79 Å². The summed E-state index contributed by atoms with van der Waals surface area (Å²) in [6.07, 6.45) is 0.795. The molecule has 0 heterocycles. The fraction of sp³-hybridized carbons (Fsp3) is 0.188. The number of ether oxygens (including phenoxy) is 1. The van der Waals surface area contributed by atoms with Gasteiger partial charge in [0.15, 0.2) is 0 Å². The van der Waals surface area contributed by atoms with Crippen molar-refractivity contribution in [3.63, 3.8) is 0 Å². The monoisotopic (exact) mass is 352 g/mol. The summed E-state index contributed by atoms with van der Waals surface area (Å²) >= 11 is 9.72. The molecule has 0 unspecified atom stereocenters. The van der Waals surface area contributed by atoms with Crippen LogP contribution in [0.25, 0.3) is 0 Å². The second-order valence-electron chi connectivity index (χ2n) is 4.52. The van der Waals surface area contributed by atoms with Crippen LogP contribution in [0.5, 0.6) is 5.75 Å². The molecule has 0 radical (unpaired) electrons. The van der Waals surface area contributed by atoms with Gasteiger partial charge >= 0.3 is 0 Å². The standard InChI is InChI=1S/C16H14BrClO2/c1-10-13(4-3-5-14(10)17)9-20-15-7-6-12(8-19)11(2)16(15)18/h3-8H,9H2,1-2H3. The zero-order valence-electron chi connectivity index (χ0n) is 11.2. The van der Waals surface area contributed by atoms with Gasteiger partial charge in [0.05, 0.1) is 5.02 Å².